The summed E-state index contributed by atoms with van der Waals surface area (Å²) in [6.07, 6.45) is 13.7. The van der Waals surface area contributed by atoms with Crippen molar-refractivity contribution in [1.29, 1.82) is 0 Å². The average Bonchev–Trinajstić information content (AvgIpc) is 1.65. The first-order chi connectivity index (χ1) is 53.1. The molecular weight excluding hydrogens is 1450 g/mol. The third kappa shape index (κ3) is 18.8. The van der Waals surface area contributed by atoms with Gasteiger partial charge in [0, 0.05) is 174 Å². The number of aromatic amines is 3. The lowest BCUT2D eigenvalue weighted by molar-refractivity contribution is 0.00627. The van der Waals surface area contributed by atoms with Crippen molar-refractivity contribution in [3.63, 3.8) is 0 Å². The second-order valence-electron chi connectivity index (χ2n) is 35.0. The van der Waals surface area contributed by atoms with Crippen molar-refractivity contribution in [2.75, 3.05) is 91.8 Å². The zero-order valence-electron chi connectivity index (χ0n) is 66.6. The Bertz CT molecular complexity index is 4610. The van der Waals surface area contributed by atoms with Gasteiger partial charge in [0.1, 0.15) is 64.7 Å². The van der Waals surface area contributed by atoms with Gasteiger partial charge in [-0.3, -0.25) is 28.9 Å². The minimum Gasteiger partial charge on any atom is -0.492 e. The molecule has 0 amide bonds. The molecule has 0 bridgehead atoms. The number of nitrogens with zero attached hydrogens (tertiary/aromatic N) is 6. The third-order valence-corrected chi connectivity index (χ3v) is 24.8. The maximum atomic E-state index is 15.9. The minimum atomic E-state index is -1.53. The van der Waals surface area contributed by atoms with Crippen LogP contribution in [0.4, 0.5) is 26.3 Å². The standard InChI is InChI=1S/C32H40F3N3O.C31H41ClFN3O.C28H34ClF2N3O/c1-20-13-25-24-11-7-8-12-28(24)36-30(25)31(38(20)19-32(2,3)35)29-26(33)14-22(15-27(29)34)39-23-17-37(18-23)16-21-9-5-4-6-10-21;1-5-6-15-35-16-13-22(14-17-35)37-23-11-12-25(27(32)19-23)30-29-26(24-9-7-8-10-28(24)34-29)18-21(2)36(30)20-31(3,4)33;1-18-12-23-21-6-4-5-7-25(21)32-26(23)27(34(18)17-28(2,3)31)22-9-8-20(13-24(22)29)35-11-10-33-15-19(14-30)16-33/h7-8,11-12,14-15,20-21,23,31,36H,4-6,9-10,13,16-19H2,1-3H3;7-12,19,21-22,30,34H,5-6,13-18,20H2,1-4H3;4-9,13,18-19,27,32H,10-12,14-17H2,1-3H3/t20-,31-;21-,30-;18-,27-/m111/s1. The van der Waals surface area contributed by atoms with E-state index in [0.717, 1.165) is 145 Å². The Morgan fingerprint density at radius 3 is 1.38 bits per heavy atom. The number of piperidine rings is 1. The molecule has 9 aromatic rings. The van der Waals surface area contributed by atoms with Crippen molar-refractivity contribution >= 4 is 55.9 Å². The number of hydrogen-bond donors (Lipinski definition) is 3. The van der Waals surface area contributed by atoms with Crippen molar-refractivity contribution in [2.45, 2.75) is 212 Å². The van der Waals surface area contributed by atoms with Crippen LogP contribution in [0.1, 0.15) is 196 Å². The SMILES string of the molecule is CCCCN1CCC(Oc2ccc([C@@H]3c4[nH]c5ccccc5c4C[C@@H](C)N3CC(C)(C)F)c(Cl)c2)CC1.C[C@@H]1Cc2c([nH]c3ccccc23)[C@@H](c2c(F)cc(OC3CN(CC4CCCCC4)C3)cc2F)N1CC(C)(C)F.C[C@@H]1Cc2c([nH]c3ccccc23)[C@@H](c2ccc(OCCN3CC(CF)C3)cc2Cl)N1CC(C)(C)F. The van der Waals surface area contributed by atoms with Crippen molar-refractivity contribution in [3.8, 4) is 17.2 Å². The molecule has 12 nitrogen and oxygen atoms in total. The first kappa shape index (κ1) is 80.9. The van der Waals surface area contributed by atoms with Crippen molar-refractivity contribution in [1.82, 2.24) is 44.4 Å². The predicted molar refractivity (Wildman–Crippen MR) is 439 cm³/mol. The van der Waals surface area contributed by atoms with Gasteiger partial charge in [-0.25, -0.2) is 22.0 Å². The van der Waals surface area contributed by atoms with E-state index >= 15 is 13.2 Å². The van der Waals surface area contributed by atoms with Crippen LogP contribution in [0.5, 0.6) is 17.2 Å². The quantitative estimate of drug-likeness (QED) is 0.0541. The highest BCUT2D eigenvalue weighted by molar-refractivity contribution is 6.32. The molecule has 7 aliphatic rings. The Kier molecular flexibility index (Phi) is 25.0. The molecule has 0 radical (unpaired) electrons. The molecule has 9 heterocycles. The first-order valence-corrected chi connectivity index (χ1v) is 41.8. The average molecular weight is 1570 g/mol. The highest BCUT2D eigenvalue weighted by Gasteiger charge is 2.45. The first-order valence-electron chi connectivity index (χ1n) is 41.0. The van der Waals surface area contributed by atoms with E-state index in [1.807, 2.05) is 72.5 Å². The van der Waals surface area contributed by atoms with Crippen molar-refractivity contribution in [2.24, 2.45) is 11.8 Å². The molecule has 6 aliphatic heterocycles. The number of para-hydroxylation sites is 3. The smallest absolute Gasteiger partial charge is 0.135 e. The molecule has 4 fully saturated rings. The molecule has 1 saturated carbocycles. The second-order valence-corrected chi connectivity index (χ2v) is 35.8. The number of nitrogens with one attached hydrogen (secondary N) is 3. The van der Waals surface area contributed by atoms with Crippen LogP contribution in [0.15, 0.2) is 121 Å². The summed E-state index contributed by atoms with van der Waals surface area (Å²) in [5.41, 5.74) is 7.40. The number of rotatable bonds is 23. The number of alkyl halides is 4. The van der Waals surface area contributed by atoms with Crippen molar-refractivity contribution in [3.05, 3.63) is 193 Å². The van der Waals surface area contributed by atoms with Gasteiger partial charge in [-0.05, 0) is 196 Å². The maximum Gasteiger partial charge on any atom is 0.135 e. The van der Waals surface area contributed by atoms with Crippen LogP contribution in [0.2, 0.25) is 10.0 Å². The van der Waals surface area contributed by atoms with E-state index in [1.165, 1.54) is 99.4 Å². The Morgan fingerprint density at radius 1 is 0.477 bits per heavy atom. The van der Waals surface area contributed by atoms with E-state index in [-0.39, 0.29) is 72.9 Å². The van der Waals surface area contributed by atoms with E-state index < -0.39 is 34.7 Å². The molecule has 20 heteroatoms. The number of fused-ring (bicyclic) bond motifs is 9. The van der Waals surface area contributed by atoms with Crippen LogP contribution in [0.3, 0.4) is 0 Å². The molecular formula is C91H115Cl2F6N9O3. The zero-order chi connectivity index (χ0) is 78.2. The van der Waals surface area contributed by atoms with E-state index in [1.54, 1.807) is 27.7 Å². The van der Waals surface area contributed by atoms with Crippen LogP contribution in [0, 0.1) is 23.5 Å². The van der Waals surface area contributed by atoms with Crippen LogP contribution in [0.25, 0.3) is 32.7 Å². The summed E-state index contributed by atoms with van der Waals surface area (Å²) in [5.74, 6) is 1.36. The second kappa shape index (κ2) is 34.4. The molecule has 16 rings (SSSR count). The van der Waals surface area contributed by atoms with E-state index in [4.69, 9.17) is 37.4 Å². The summed E-state index contributed by atoms with van der Waals surface area (Å²) < 4.78 is 108. The lowest BCUT2D eigenvalue weighted by Crippen LogP contribution is -2.55. The molecule has 598 valence electrons. The Morgan fingerprint density at radius 2 is 0.919 bits per heavy atom. The third-order valence-electron chi connectivity index (χ3n) is 24.1. The summed E-state index contributed by atoms with van der Waals surface area (Å²) in [6.45, 7) is 27.6. The number of aromatic nitrogens is 3. The molecule has 3 N–H and O–H groups in total. The number of H-pyrrole nitrogens is 3. The summed E-state index contributed by atoms with van der Waals surface area (Å²) in [5, 5.41) is 4.79. The van der Waals surface area contributed by atoms with Gasteiger partial charge < -0.3 is 34.1 Å². The van der Waals surface area contributed by atoms with E-state index in [2.05, 4.69) is 109 Å². The van der Waals surface area contributed by atoms with Gasteiger partial charge in [0.2, 0.25) is 0 Å². The van der Waals surface area contributed by atoms with Crippen LogP contribution < -0.4 is 14.2 Å². The lowest BCUT2D eigenvalue weighted by atomic mass is 9.87. The summed E-state index contributed by atoms with van der Waals surface area (Å²) in [4.78, 5) is 24.2. The fraction of sp³-hybridized carbons (Fsp3) is 0.538. The number of hydrogen-bond acceptors (Lipinski definition) is 9. The highest BCUT2D eigenvalue weighted by Crippen LogP contribution is 2.49. The van der Waals surface area contributed by atoms with Gasteiger partial charge >= 0.3 is 0 Å². The number of ether oxygens (including phenoxy) is 3. The summed E-state index contributed by atoms with van der Waals surface area (Å²) in [6, 6.07) is 38.3. The zero-order valence-corrected chi connectivity index (χ0v) is 68.1. The Balaban J connectivity index is 0.000000139. The monoisotopic (exact) mass is 1570 g/mol. The molecule has 1 aliphatic carbocycles. The molecule has 0 spiro atoms. The molecule has 6 atom stereocenters. The van der Waals surface area contributed by atoms with E-state index in [0.29, 0.717) is 41.9 Å². The minimum absolute atomic E-state index is 0.0570. The predicted octanol–water partition coefficient (Wildman–Crippen LogP) is 20.9. The summed E-state index contributed by atoms with van der Waals surface area (Å²) in [7, 11) is 0. The number of benzene rings is 6. The normalized spacial score (nSPS) is 22.5. The van der Waals surface area contributed by atoms with Gasteiger partial charge in [0.15, 0.2) is 0 Å². The number of unbranched alkanes of at least 4 members (excludes halogenated alkanes) is 1. The van der Waals surface area contributed by atoms with Gasteiger partial charge in [0.05, 0.1) is 24.8 Å². The van der Waals surface area contributed by atoms with Gasteiger partial charge in [-0.1, -0.05) is 123 Å². The largest absolute Gasteiger partial charge is 0.492 e. The molecule has 6 aromatic carbocycles. The topological polar surface area (TPSA) is 94.5 Å². The Labute approximate surface area is 663 Å². The van der Waals surface area contributed by atoms with E-state index in [9.17, 15) is 13.2 Å². The number of halogens is 8. The Hall–Kier alpha value is -6.74. The van der Waals surface area contributed by atoms with Crippen LogP contribution >= 0.6 is 23.2 Å². The van der Waals surface area contributed by atoms with Crippen LogP contribution in [-0.4, -0.2) is 184 Å². The molecule has 111 heavy (non-hydrogen) atoms. The van der Waals surface area contributed by atoms with Crippen LogP contribution in [-0.2, 0) is 19.3 Å². The molecule has 3 saturated heterocycles. The van der Waals surface area contributed by atoms with Gasteiger partial charge in [-0.15, -0.1) is 0 Å². The summed E-state index contributed by atoms with van der Waals surface area (Å²) >= 11 is 13.9. The maximum absolute atomic E-state index is 15.9. The fourth-order valence-corrected chi connectivity index (χ4v) is 19.4. The van der Waals surface area contributed by atoms with Gasteiger partial charge in [-0.2, -0.15) is 0 Å². The van der Waals surface area contributed by atoms with Gasteiger partial charge in [0.25, 0.3) is 0 Å². The van der Waals surface area contributed by atoms with Crippen molar-refractivity contribution < 1.29 is 40.6 Å². The molecule has 0 unspecified atom stereocenters. The fourth-order valence-electron chi connectivity index (χ4n) is 18.8. The number of likely N-dealkylation sites (tertiary alicyclic amines) is 3. The molecule has 3 aromatic heterocycles. The lowest BCUT2D eigenvalue weighted by Gasteiger charge is -2.43. The highest BCUT2D eigenvalue weighted by atomic mass is 35.5.